The minimum atomic E-state index is 0.637. The first-order valence-corrected chi connectivity index (χ1v) is 5.78. The SMILES string of the molecule is C=Cc1cc(-c2cccs2)cc(OC)c1N. The summed E-state index contributed by atoms with van der Waals surface area (Å²) in [6.45, 7) is 3.76. The van der Waals surface area contributed by atoms with Gasteiger partial charge in [0.1, 0.15) is 5.75 Å². The topological polar surface area (TPSA) is 35.2 Å². The minimum absolute atomic E-state index is 0.637. The van der Waals surface area contributed by atoms with Crippen LogP contribution in [0.2, 0.25) is 0 Å². The molecule has 0 unspecified atom stereocenters. The van der Waals surface area contributed by atoms with Crippen LogP contribution < -0.4 is 10.5 Å². The number of rotatable bonds is 3. The van der Waals surface area contributed by atoms with Crippen LogP contribution in [-0.4, -0.2) is 7.11 Å². The summed E-state index contributed by atoms with van der Waals surface area (Å²) in [5, 5.41) is 2.05. The Hall–Kier alpha value is -1.74. The van der Waals surface area contributed by atoms with Crippen LogP contribution in [0.5, 0.6) is 5.75 Å². The van der Waals surface area contributed by atoms with Crippen molar-refractivity contribution in [2.45, 2.75) is 0 Å². The number of ether oxygens (including phenoxy) is 1. The van der Waals surface area contributed by atoms with Gasteiger partial charge in [0.05, 0.1) is 12.8 Å². The van der Waals surface area contributed by atoms with Crippen molar-refractivity contribution < 1.29 is 4.74 Å². The molecular formula is C13H13NOS. The molecule has 0 saturated carbocycles. The van der Waals surface area contributed by atoms with Gasteiger partial charge in [0, 0.05) is 10.4 Å². The molecular weight excluding hydrogens is 218 g/mol. The Morgan fingerprint density at radius 1 is 1.44 bits per heavy atom. The number of thiophene rings is 1. The quantitative estimate of drug-likeness (QED) is 0.818. The molecule has 2 rings (SSSR count). The third-order valence-corrected chi connectivity index (χ3v) is 3.34. The number of hydrogen-bond acceptors (Lipinski definition) is 3. The fraction of sp³-hybridized carbons (Fsp3) is 0.0769. The van der Waals surface area contributed by atoms with E-state index < -0.39 is 0 Å². The van der Waals surface area contributed by atoms with E-state index in [1.807, 2.05) is 23.6 Å². The first-order chi connectivity index (χ1) is 7.76. The van der Waals surface area contributed by atoms with Gasteiger partial charge in [0.25, 0.3) is 0 Å². The fourth-order valence-electron chi connectivity index (χ4n) is 1.57. The van der Waals surface area contributed by atoms with Gasteiger partial charge >= 0.3 is 0 Å². The highest BCUT2D eigenvalue weighted by molar-refractivity contribution is 7.13. The predicted octanol–water partition coefficient (Wildman–Crippen LogP) is 3.65. The molecule has 1 aromatic carbocycles. The molecule has 0 spiro atoms. The monoisotopic (exact) mass is 231 g/mol. The lowest BCUT2D eigenvalue weighted by molar-refractivity contribution is 0.417. The van der Waals surface area contributed by atoms with E-state index in [9.17, 15) is 0 Å². The van der Waals surface area contributed by atoms with E-state index in [1.54, 1.807) is 24.5 Å². The molecule has 82 valence electrons. The van der Waals surface area contributed by atoms with E-state index >= 15 is 0 Å². The zero-order valence-electron chi connectivity index (χ0n) is 9.07. The highest BCUT2D eigenvalue weighted by atomic mass is 32.1. The summed E-state index contributed by atoms with van der Waals surface area (Å²) < 4.78 is 5.26. The highest BCUT2D eigenvalue weighted by Crippen LogP contribution is 2.34. The molecule has 0 bridgehead atoms. The third kappa shape index (κ3) is 1.82. The largest absolute Gasteiger partial charge is 0.495 e. The Kier molecular flexibility index (Phi) is 2.97. The number of nitrogen functional groups attached to an aromatic ring is 1. The molecule has 0 fully saturated rings. The molecule has 0 aliphatic heterocycles. The molecule has 0 aliphatic rings. The Balaban J connectivity index is 2.60. The molecule has 3 heteroatoms. The summed E-state index contributed by atoms with van der Waals surface area (Å²) in [6, 6.07) is 8.07. The van der Waals surface area contributed by atoms with Gasteiger partial charge < -0.3 is 10.5 Å². The Bertz CT molecular complexity index is 503. The molecule has 2 aromatic rings. The van der Waals surface area contributed by atoms with Crippen molar-refractivity contribution in [2.24, 2.45) is 0 Å². The molecule has 2 N–H and O–H groups in total. The standard InChI is InChI=1S/C13H13NOS/c1-3-9-7-10(12-5-4-6-16-12)8-11(15-2)13(9)14/h3-8H,1,14H2,2H3. The van der Waals surface area contributed by atoms with Crippen LogP contribution in [0.3, 0.4) is 0 Å². The van der Waals surface area contributed by atoms with Gasteiger partial charge in [0.2, 0.25) is 0 Å². The molecule has 0 atom stereocenters. The molecule has 0 radical (unpaired) electrons. The van der Waals surface area contributed by atoms with Crippen LogP contribution in [0.4, 0.5) is 5.69 Å². The lowest BCUT2D eigenvalue weighted by Crippen LogP contribution is -1.95. The van der Waals surface area contributed by atoms with Crippen molar-refractivity contribution in [3.8, 4) is 16.2 Å². The van der Waals surface area contributed by atoms with Gasteiger partial charge in [0.15, 0.2) is 0 Å². The molecule has 0 aliphatic carbocycles. The van der Waals surface area contributed by atoms with Gasteiger partial charge in [-0.3, -0.25) is 0 Å². The third-order valence-electron chi connectivity index (χ3n) is 2.42. The van der Waals surface area contributed by atoms with Crippen LogP contribution in [0.1, 0.15) is 5.56 Å². The van der Waals surface area contributed by atoms with Gasteiger partial charge in [-0.15, -0.1) is 11.3 Å². The zero-order valence-corrected chi connectivity index (χ0v) is 9.88. The van der Waals surface area contributed by atoms with E-state index in [0.29, 0.717) is 11.4 Å². The van der Waals surface area contributed by atoms with Gasteiger partial charge in [-0.05, 0) is 29.1 Å². The Morgan fingerprint density at radius 3 is 2.81 bits per heavy atom. The van der Waals surface area contributed by atoms with Crippen molar-refractivity contribution >= 4 is 23.1 Å². The normalized spacial score (nSPS) is 10.1. The Labute approximate surface area is 99.0 Å². The molecule has 0 saturated heterocycles. The van der Waals surface area contributed by atoms with Crippen molar-refractivity contribution in [3.63, 3.8) is 0 Å². The van der Waals surface area contributed by atoms with Crippen molar-refractivity contribution in [1.29, 1.82) is 0 Å². The zero-order chi connectivity index (χ0) is 11.5. The van der Waals surface area contributed by atoms with E-state index in [4.69, 9.17) is 10.5 Å². The minimum Gasteiger partial charge on any atom is -0.495 e. The van der Waals surface area contributed by atoms with E-state index in [1.165, 1.54) is 4.88 Å². The first-order valence-electron chi connectivity index (χ1n) is 4.90. The van der Waals surface area contributed by atoms with E-state index in [0.717, 1.165) is 11.1 Å². The summed E-state index contributed by atoms with van der Waals surface area (Å²) in [4.78, 5) is 1.20. The van der Waals surface area contributed by atoms with E-state index in [2.05, 4.69) is 12.6 Å². The first kappa shape index (κ1) is 10.8. The van der Waals surface area contributed by atoms with Crippen LogP contribution in [0, 0.1) is 0 Å². The van der Waals surface area contributed by atoms with E-state index in [-0.39, 0.29) is 0 Å². The van der Waals surface area contributed by atoms with Crippen LogP contribution >= 0.6 is 11.3 Å². The second kappa shape index (κ2) is 4.41. The van der Waals surface area contributed by atoms with Crippen molar-refractivity contribution in [3.05, 3.63) is 41.8 Å². The fourth-order valence-corrected chi connectivity index (χ4v) is 2.29. The summed E-state index contributed by atoms with van der Waals surface area (Å²) in [5.41, 5.74) is 8.58. The number of anilines is 1. The molecule has 1 heterocycles. The molecule has 16 heavy (non-hydrogen) atoms. The smallest absolute Gasteiger partial charge is 0.143 e. The molecule has 0 amide bonds. The van der Waals surface area contributed by atoms with Crippen molar-refractivity contribution in [2.75, 3.05) is 12.8 Å². The highest BCUT2D eigenvalue weighted by Gasteiger charge is 2.08. The maximum atomic E-state index is 5.93. The maximum absolute atomic E-state index is 5.93. The average Bonchev–Trinajstić information content (AvgIpc) is 2.83. The second-order valence-electron chi connectivity index (χ2n) is 3.36. The summed E-state index contributed by atoms with van der Waals surface area (Å²) >= 11 is 1.69. The summed E-state index contributed by atoms with van der Waals surface area (Å²) in [7, 11) is 1.62. The number of hydrogen-bond donors (Lipinski definition) is 1. The summed E-state index contributed by atoms with van der Waals surface area (Å²) in [6.07, 6.45) is 1.74. The van der Waals surface area contributed by atoms with Crippen LogP contribution in [0.25, 0.3) is 16.5 Å². The summed E-state index contributed by atoms with van der Waals surface area (Å²) in [5.74, 6) is 0.695. The van der Waals surface area contributed by atoms with Crippen LogP contribution in [-0.2, 0) is 0 Å². The van der Waals surface area contributed by atoms with Crippen LogP contribution in [0.15, 0.2) is 36.2 Å². The van der Waals surface area contributed by atoms with Gasteiger partial charge in [-0.25, -0.2) is 0 Å². The number of methoxy groups -OCH3 is 1. The number of benzene rings is 1. The lowest BCUT2D eigenvalue weighted by Gasteiger charge is -2.10. The molecule has 2 nitrogen and oxygen atoms in total. The van der Waals surface area contributed by atoms with Gasteiger partial charge in [-0.2, -0.15) is 0 Å². The number of nitrogens with two attached hydrogens (primary N) is 1. The lowest BCUT2D eigenvalue weighted by atomic mass is 10.1. The predicted molar refractivity (Wildman–Crippen MR) is 70.8 cm³/mol. The van der Waals surface area contributed by atoms with Gasteiger partial charge in [-0.1, -0.05) is 18.7 Å². The Morgan fingerprint density at radius 2 is 2.25 bits per heavy atom. The maximum Gasteiger partial charge on any atom is 0.143 e. The van der Waals surface area contributed by atoms with Crippen molar-refractivity contribution in [1.82, 2.24) is 0 Å². The molecule has 1 aromatic heterocycles. The average molecular weight is 231 g/mol. The second-order valence-corrected chi connectivity index (χ2v) is 4.31.